The van der Waals surface area contributed by atoms with Gasteiger partial charge in [0.1, 0.15) is 24.0 Å². The van der Waals surface area contributed by atoms with Gasteiger partial charge in [-0.1, -0.05) is 42.5 Å². The average Bonchev–Trinajstić information content (AvgIpc) is 2.81. The Morgan fingerprint density at radius 2 is 1.57 bits per heavy atom. The minimum atomic E-state index is -1.29. The van der Waals surface area contributed by atoms with Crippen LogP contribution in [0.25, 0.3) is 0 Å². The summed E-state index contributed by atoms with van der Waals surface area (Å²) in [5.74, 6) is -0.812. The lowest BCUT2D eigenvalue weighted by Gasteiger charge is -2.24. The molecule has 9 heteroatoms. The standard InChI is InChI=1S/C26H34N2O7/c1-17(29)22(24(31)33-5)28-23(30)21(27-25(32)34-16-19-9-7-6-8-10-19)15-18-11-13-20(14-12-18)35-26(2,3)4/h6-14,17,21-22,29H,15-16H2,1-5H3,(H,27,32)(H,28,30)/t17-,21-,22+/m0/s1. The van der Waals surface area contributed by atoms with E-state index in [0.29, 0.717) is 5.75 Å². The maximum absolute atomic E-state index is 13.0. The number of carbonyl (C=O) groups excluding carboxylic acids is 3. The highest BCUT2D eigenvalue weighted by Crippen LogP contribution is 2.19. The summed E-state index contributed by atoms with van der Waals surface area (Å²) < 4.78 is 15.7. The van der Waals surface area contributed by atoms with Crippen LogP contribution in [0.3, 0.4) is 0 Å². The molecule has 0 aliphatic carbocycles. The highest BCUT2D eigenvalue weighted by atomic mass is 16.5. The van der Waals surface area contributed by atoms with Crippen LogP contribution in [0, 0.1) is 0 Å². The van der Waals surface area contributed by atoms with Crippen LogP contribution in [0.4, 0.5) is 4.79 Å². The fourth-order valence-corrected chi connectivity index (χ4v) is 3.16. The lowest BCUT2D eigenvalue weighted by Crippen LogP contribution is -2.55. The second-order valence-electron chi connectivity index (χ2n) is 9.07. The summed E-state index contributed by atoms with van der Waals surface area (Å²) in [5, 5.41) is 14.9. The number of benzene rings is 2. The Morgan fingerprint density at radius 1 is 0.943 bits per heavy atom. The van der Waals surface area contributed by atoms with Gasteiger partial charge < -0.3 is 30.0 Å². The van der Waals surface area contributed by atoms with Crippen molar-refractivity contribution in [3.63, 3.8) is 0 Å². The molecule has 0 spiro atoms. The van der Waals surface area contributed by atoms with Gasteiger partial charge in [-0.05, 0) is 51.0 Å². The Bertz CT molecular complexity index is 969. The molecule has 0 unspecified atom stereocenters. The van der Waals surface area contributed by atoms with Crippen molar-refractivity contribution in [2.75, 3.05) is 7.11 Å². The van der Waals surface area contributed by atoms with E-state index >= 15 is 0 Å². The first-order valence-corrected chi connectivity index (χ1v) is 11.3. The lowest BCUT2D eigenvalue weighted by atomic mass is 10.0. The van der Waals surface area contributed by atoms with E-state index in [0.717, 1.165) is 18.2 Å². The molecule has 3 atom stereocenters. The van der Waals surface area contributed by atoms with Gasteiger partial charge in [0.15, 0.2) is 6.04 Å². The molecular weight excluding hydrogens is 452 g/mol. The smallest absolute Gasteiger partial charge is 0.408 e. The normalized spacial score (nSPS) is 13.7. The first-order valence-electron chi connectivity index (χ1n) is 11.3. The molecule has 0 aromatic heterocycles. The molecule has 0 aliphatic rings. The highest BCUT2D eigenvalue weighted by molar-refractivity contribution is 5.90. The Kier molecular flexibility index (Phi) is 10.1. The number of hydrogen-bond donors (Lipinski definition) is 3. The van der Waals surface area contributed by atoms with Crippen LogP contribution in [0.15, 0.2) is 54.6 Å². The summed E-state index contributed by atoms with van der Waals surface area (Å²) in [6.07, 6.45) is -1.89. The van der Waals surface area contributed by atoms with Crippen molar-refractivity contribution in [3.8, 4) is 5.75 Å². The molecule has 0 saturated heterocycles. The van der Waals surface area contributed by atoms with E-state index in [2.05, 4.69) is 15.4 Å². The number of esters is 1. The van der Waals surface area contributed by atoms with Crippen LogP contribution in [-0.4, -0.2) is 54.0 Å². The number of methoxy groups -OCH3 is 1. The van der Waals surface area contributed by atoms with Crippen LogP contribution < -0.4 is 15.4 Å². The van der Waals surface area contributed by atoms with E-state index in [1.165, 1.54) is 6.92 Å². The Hall–Kier alpha value is -3.59. The molecule has 9 nitrogen and oxygen atoms in total. The fourth-order valence-electron chi connectivity index (χ4n) is 3.16. The Labute approximate surface area is 205 Å². The van der Waals surface area contributed by atoms with E-state index < -0.39 is 36.2 Å². The quantitative estimate of drug-likeness (QED) is 0.441. The maximum Gasteiger partial charge on any atom is 0.408 e. The van der Waals surface area contributed by atoms with Gasteiger partial charge in [0.2, 0.25) is 5.91 Å². The van der Waals surface area contributed by atoms with Gasteiger partial charge in [0.25, 0.3) is 0 Å². The number of ether oxygens (including phenoxy) is 3. The number of nitrogens with one attached hydrogen (secondary N) is 2. The molecule has 2 aromatic rings. The zero-order chi connectivity index (χ0) is 26.0. The zero-order valence-electron chi connectivity index (χ0n) is 20.7. The average molecular weight is 487 g/mol. The number of hydrogen-bond acceptors (Lipinski definition) is 7. The fraction of sp³-hybridized carbons (Fsp3) is 0.423. The SMILES string of the molecule is COC(=O)[C@H](NC(=O)[C@H](Cc1ccc(OC(C)(C)C)cc1)NC(=O)OCc1ccccc1)[C@H](C)O. The van der Waals surface area contributed by atoms with Crippen molar-refractivity contribution in [2.24, 2.45) is 0 Å². The molecule has 2 rings (SSSR count). The third-order valence-corrected chi connectivity index (χ3v) is 4.84. The third-order valence-electron chi connectivity index (χ3n) is 4.84. The summed E-state index contributed by atoms with van der Waals surface area (Å²) in [6, 6.07) is 13.8. The Balaban J connectivity index is 2.14. The van der Waals surface area contributed by atoms with Crippen LogP contribution in [0.1, 0.15) is 38.8 Å². The zero-order valence-corrected chi connectivity index (χ0v) is 20.7. The van der Waals surface area contributed by atoms with E-state index in [4.69, 9.17) is 9.47 Å². The first kappa shape index (κ1) is 27.7. The van der Waals surface area contributed by atoms with Gasteiger partial charge in [-0.3, -0.25) is 4.79 Å². The van der Waals surface area contributed by atoms with Crippen molar-refractivity contribution in [1.82, 2.24) is 10.6 Å². The molecule has 0 radical (unpaired) electrons. The second kappa shape index (κ2) is 12.8. The number of aliphatic hydroxyl groups excluding tert-OH is 1. The summed E-state index contributed by atoms with van der Waals surface area (Å²) in [5.41, 5.74) is 1.16. The van der Waals surface area contributed by atoms with Crippen molar-refractivity contribution in [1.29, 1.82) is 0 Å². The van der Waals surface area contributed by atoms with Crippen molar-refractivity contribution in [3.05, 3.63) is 65.7 Å². The number of carbonyl (C=O) groups is 3. The predicted molar refractivity (Wildman–Crippen MR) is 130 cm³/mol. The molecule has 2 amide bonds. The largest absolute Gasteiger partial charge is 0.488 e. The molecule has 190 valence electrons. The summed E-state index contributed by atoms with van der Waals surface area (Å²) in [4.78, 5) is 37.5. The van der Waals surface area contributed by atoms with Gasteiger partial charge in [0.05, 0.1) is 13.2 Å². The summed E-state index contributed by atoms with van der Waals surface area (Å²) in [6.45, 7) is 7.19. The molecule has 0 aliphatic heterocycles. The molecular formula is C26H34N2O7. The molecule has 0 bridgehead atoms. The van der Waals surface area contributed by atoms with Crippen molar-refractivity contribution in [2.45, 2.75) is 64.5 Å². The molecule has 0 fully saturated rings. The minimum absolute atomic E-state index is 0.0261. The van der Waals surface area contributed by atoms with E-state index in [1.807, 2.05) is 51.1 Å². The summed E-state index contributed by atoms with van der Waals surface area (Å²) >= 11 is 0. The number of alkyl carbamates (subject to hydrolysis) is 1. The van der Waals surface area contributed by atoms with Gasteiger partial charge in [-0.15, -0.1) is 0 Å². The van der Waals surface area contributed by atoms with Gasteiger partial charge in [-0.25, -0.2) is 9.59 Å². The number of rotatable bonds is 10. The topological polar surface area (TPSA) is 123 Å². The molecule has 2 aromatic carbocycles. The van der Waals surface area contributed by atoms with Crippen molar-refractivity contribution >= 4 is 18.0 Å². The second-order valence-corrected chi connectivity index (χ2v) is 9.07. The maximum atomic E-state index is 13.0. The van der Waals surface area contributed by atoms with Crippen LogP contribution in [0.2, 0.25) is 0 Å². The monoisotopic (exact) mass is 486 g/mol. The van der Waals surface area contributed by atoms with Gasteiger partial charge in [0, 0.05) is 6.42 Å². The highest BCUT2D eigenvalue weighted by Gasteiger charge is 2.31. The van der Waals surface area contributed by atoms with E-state index in [1.54, 1.807) is 24.3 Å². The van der Waals surface area contributed by atoms with Crippen LogP contribution >= 0.6 is 0 Å². The molecule has 3 N–H and O–H groups in total. The first-order chi connectivity index (χ1) is 16.5. The minimum Gasteiger partial charge on any atom is -0.488 e. The van der Waals surface area contributed by atoms with Gasteiger partial charge >= 0.3 is 12.1 Å². The lowest BCUT2D eigenvalue weighted by molar-refractivity contribution is -0.148. The van der Waals surface area contributed by atoms with Crippen molar-refractivity contribution < 1.29 is 33.7 Å². The predicted octanol–water partition coefficient (Wildman–Crippen LogP) is 2.74. The number of amides is 2. The van der Waals surface area contributed by atoms with Gasteiger partial charge in [-0.2, -0.15) is 0 Å². The molecule has 0 saturated carbocycles. The summed E-state index contributed by atoms with van der Waals surface area (Å²) in [7, 11) is 1.15. The number of aliphatic hydroxyl groups is 1. The van der Waals surface area contributed by atoms with Crippen LogP contribution in [-0.2, 0) is 32.1 Å². The third kappa shape index (κ3) is 9.66. The molecule has 35 heavy (non-hydrogen) atoms. The van der Waals surface area contributed by atoms with E-state index in [9.17, 15) is 19.5 Å². The molecule has 0 heterocycles. The Morgan fingerprint density at radius 3 is 2.11 bits per heavy atom. The van der Waals surface area contributed by atoms with E-state index in [-0.39, 0.29) is 18.6 Å². The van der Waals surface area contributed by atoms with Crippen LogP contribution in [0.5, 0.6) is 5.75 Å².